The normalized spacial score (nSPS) is 5.20. The molecular weight excluding hydrogens is 160 g/mol. The molecule has 0 unspecified atom stereocenters. The molecule has 0 aromatic carbocycles. The number of rotatable bonds is 0. The summed E-state index contributed by atoms with van der Waals surface area (Å²) >= 11 is -0.344. The molecule has 5 heavy (non-hydrogen) atoms. The fraction of sp³-hybridized carbons (Fsp3) is 0. The van der Waals surface area contributed by atoms with Crippen molar-refractivity contribution in [2.75, 3.05) is 0 Å². The monoisotopic (exact) mass is 160 g/mol. The first-order valence-corrected chi connectivity index (χ1v) is 2.32. The van der Waals surface area contributed by atoms with Crippen molar-refractivity contribution in [2.45, 2.75) is 0 Å². The summed E-state index contributed by atoms with van der Waals surface area (Å²) in [6.07, 6.45) is 0. The molecular formula is C2HAgN2. The quantitative estimate of drug-likeness (QED) is 0.460. The van der Waals surface area contributed by atoms with E-state index in [2.05, 4.69) is 0 Å². The van der Waals surface area contributed by atoms with Gasteiger partial charge in [0.25, 0.3) is 0 Å². The van der Waals surface area contributed by atoms with Crippen molar-refractivity contribution in [1.82, 2.24) is 0 Å². The van der Waals surface area contributed by atoms with Crippen LogP contribution in [-0.4, -0.2) is 0 Å². The van der Waals surface area contributed by atoms with Crippen molar-refractivity contribution in [3.8, 4) is 8.57 Å². The summed E-state index contributed by atoms with van der Waals surface area (Å²) in [6.45, 7) is 0. The topological polar surface area (TPSA) is 47.6 Å². The summed E-state index contributed by atoms with van der Waals surface area (Å²) in [5.41, 5.74) is 0. The summed E-state index contributed by atoms with van der Waals surface area (Å²) in [7, 11) is 0. The standard InChI is InChI=1S/2CN.Ag.H/c2*1-2;;. The van der Waals surface area contributed by atoms with Crippen LogP contribution in [0.3, 0.4) is 0 Å². The van der Waals surface area contributed by atoms with Crippen LogP contribution in [0.5, 0.6) is 0 Å². The van der Waals surface area contributed by atoms with Gasteiger partial charge in [-0.3, -0.25) is 0 Å². The van der Waals surface area contributed by atoms with Crippen LogP contribution in [0, 0.1) is 19.1 Å². The van der Waals surface area contributed by atoms with Gasteiger partial charge in [-0.2, -0.15) is 0 Å². The van der Waals surface area contributed by atoms with Gasteiger partial charge in [0.05, 0.1) is 0 Å². The van der Waals surface area contributed by atoms with Gasteiger partial charge >= 0.3 is 38.9 Å². The van der Waals surface area contributed by atoms with Gasteiger partial charge in [-0.05, 0) is 0 Å². The Morgan fingerprint density at radius 1 is 1.20 bits per heavy atom. The summed E-state index contributed by atoms with van der Waals surface area (Å²) in [6, 6.07) is 0. The Labute approximate surface area is 39.3 Å². The Kier molecular flexibility index (Phi) is 3.51. The van der Waals surface area contributed by atoms with Crippen molar-refractivity contribution < 1.29 is 19.8 Å². The van der Waals surface area contributed by atoms with Crippen LogP contribution in [0.15, 0.2) is 0 Å². The van der Waals surface area contributed by atoms with Crippen LogP contribution in [0.4, 0.5) is 0 Å². The van der Waals surface area contributed by atoms with E-state index in [4.69, 9.17) is 10.5 Å². The van der Waals surface area contributed by atoms with Crippen molar-refractivity contribution in [2.24, 2.45) is 0 Å². The molecule has 0 bridgehead atoms. The average Bonchev–Trinajstić information content (AvgIpc) is 1.41. The molecule has 0 saturated heterocycles. The zero-order valence-electron chi connectivity index (χ0n) is 2.21. The van der Waals surface area contributed by atoms with Crippen molar-refractivity contribution in [3.05, 3.63) is 0 Å². The summed E-state index contributed by atoms with van der Waals surface area (Å²) in [4.78, 5) is 0. The van der Waals surface area contributed by atoms with Crippen LogP contribution in [0.25, 0.3) is 0 Å². The molecule has 0 rings (SSSR count). The van der Waals surface area contributed by atoms with Crippen LogP contribution in [0.1, 0.15) is 0 Å². The first-order chi connectivity index (χ1) is 2.41. The molecule has 0 radical (unpaired) electrons. The predicted octanol–water partition coefficient (Wildman–Crippen LogP) is -0.237. The molecule has 2 nitrogen and oxygen atoms in total. The summed E-state index contributed by atoms with van der Waals surface area (Å²) in [5, 5.41) is 15.2. The zero-order chi connectivity index (χ0) is 4.12. The Morgan fingerprint density at radius 2 is 1.60 bits per heavy atom. The predicted molar refractivity (Wildman–Crippen MR) is 12.6 cm³/mol. The Bertz CT molecular complexity index is 72.8. The SMILES string of the molecule is N#[C][AgH][C]#N. The van der Waals surface area contributed by atoms with Gasteiger partial charge in [0.2, 0.25) is 0 Å². The van der Waals surface area contributed by atoms with Gasteiger partial charge in [0, 0.05) is 0 Å². The second-order valence-electron chi connectivity index (χ2n) is 0.220. The third-order valence-corrected chi connectivity index (χ3v) is 0.418. The summed E-state index contributed by atoms with van der Waals surface area (Å²) < 4.78 is 3.41. The first kappa shape index (κ1) is 4.72. The summed E-state index contributed by atoms with van der Waals surface area (Å²) in [5.74, 6) is 0. The molecule has 0 atom stereocenters. The molecule has 30 valence electrons. The number of hydrogen-bond acceptors (Lipinski definition) is 2. The Balaban J connectivity index is 2.86. The second kappa shape index (κ2) is 3.72. The number of nitriles is 2. The van der Waals surface area contributed by atoms with Gasteiger partial charge in [-0.15, -0.1) is 0 Å². The van der Waals surface area contributed by atoms with Gasteiger partial charge < -0.3 is 0 Å². The van der Waals surface area contributed by atoms with E-state index in [1.165, 1.54) is 0 Å². The van der Waals surface area contributed by atoms with Crippen LogP contribution >= 0.6 is 0 Å². The number of nitrogens with zero attached hydrogens (tertiary/aromatic N) is 2. The second-order valence-corrected chi connectivity index (χ2v) is 1.30. The average molecular weight is 161 g/mol. The van der Waals surface area contributed by atoms with Crippen LogP contribution < -0.4 is 0 Å². The van der Waals surface area contributed by atoms with Crippen molar-refractivity contribution in [3.63, 3.8) is 0 Å². The molecule has 0 spiro atoms. The molecule has 0 aliphatic heterocycles. The molecule has 0 fully saturated rings. The van der Waals surface area contributed by atoms with Crippen molar-refractivity contribution in [1.29, 1.82) is 10.5 Å². The first-order valence-electron chi connectivity index (χ1n) is 0.763. The molecule has 0 N–H and O–H groups in total. The molecule has 3 heteroatoms. The van der Waals surface area contributed by atoms with E-state index < -0.39 is 0 Å². The molecule has 0 aromatic heterocycles. The Morgan fingerprint density at radius 3 is 1.60 bits per heavy atom. The molecule has 0 aromatic rings. The third-order valence-electron chi connectivity index (χ3n) is 0.0707. The maximum atomic E-state index is 7.62. The maximum absolute atomic E-state index is 7.62. The van der Waals surface area contributed by atoms with Gasteiger partial charge in [0.15, 0.2) is 0 Å². The third kappa shape index (κ3) is 3.72. The minimum atomic E-state index is -0.344. The van der Waals surface area contributed by atoms with Crippen LogP contribution in [-0.2, 0) is 19.8 Å². The van der Waals surface area contributed by atoms with E-state index in [-0.39, 0.29) is 19.8 Å². The minimum absolute atomic E-state index is 0.344. The molecule has 0 aliphatic carbocycles. The number of hydrogen-bond donors (Lipinski definition) is 0. The van der Waals surface area contributed by atoms with Crippen molar-refractivity contribution >= 4 is 0 Å². The molecule has 0 amide bonds. The molecule has 0 heterocycles. The van der Waals surface area contributed by atoms with E-state index in [1.807, 2.05) is 0 Å². The van der Waals surface area contributed by atoms with E-state index in [9.17, 15) is 0 Å². The zero-order valence-corrected chi connectivity index (χ0v) is 3.77. The van der Waals surface area contributed by atoms with Gasteiger partial charge in [-0.1, -0.05) is 0 Å². The fourth-order valence-electron chi connectivity index (χ4n) is 0.0158. The van der Waals surface area contributed by atoms with Gasteiger partial charge in [-0.25, -0.2) is 0 Å². The molecule has 0 aliphatic rings. The van der Waals surface area contributed by atoms with E-state index in [1.54, 1.807) is 8.57 Å². The van der Waals surface area contributed by atoms with E-state index in [0.717, 1.165) is 0 Å². The Hall–Kier alpha value is -0.280. The van der Waals surface area contributed by atoms with Gasteiger partial charge in [0.1, 0.15) is 0 Å². The van der Waals surface area contributed by atoms with E-state index >= 15 is 0 Å². The van der Waals surface area contributed by atoms with Crippen LogP contribution in [0.2, 0.25) is 0 Å². The molecule has 0 saturated carbocycles. The van der Waals surface area contributed by atoms with E-state index in [0.29, 0.717) is 0 Å². The fourth-order valence-corrected chi connectivity index (χ4v) is 0.0935.